The molecule has 2 aromatic carbocycles. The predicted octanol–water partition coefficient (Wildman–Crippen LogP) is 4.39. The molecule has 3 rings (SSSR count). The molecule has 0 N–H and O–H groups in total. The van der Waals surface area contributed by atoms with Crippen LogP contribution in [0.15, 0.2) is 46.9 Å². The number of ether oxygens (including phenoxy) is 3. The van der Waals surface area contributed by atoms with Crippen molar-refractivity contribution in [2.45, 2.75) is 20.0 Å². The second-order valence-electron chi connectivity index (χ2n) is 6.00. The fourth-order valence-corrected chi connectivity index (χ4v) is 2.67. The van der Waals surface area contributed by atoms with Gasteiger partial charge in [0.15, 0.2) is 12.7 Å². The first kappa shape index (κ1) is 19.7. The minimum Gasteiger partial charge on any atom is -0.497 e. The van der Waals surface area contributed by atoms with Crippen LogP contribution in [0.2, 0.25) is 5.02 Å². The maximum Gasteiger partial charge on any atom is 0.344 e. The molecule has 0 amide bonds. The number of esters is 1. The number of hydrogen-bond donors (Lipinski definition) is 0. The maximum absolute atomic E-state index is 12.0. The number of carbonyl (C=O) groups is 1. The fourth-order valence-electron chi connectivity index (χ4n) is 2.44. The van der Waals surface area contributed by atoms with E-state index in [0.29, 0.717) is 16.7 Å². The van der Waals surface area contributed by atoms with E-state index in [1.807, 2.05) is 6.92 Å². The summed E-state index contributed by atoms with van der Waals surface area (Å²) in [6.07, 6.45) is -0.707. The lowest BCUT2D eigenvalue weighted by Gasteiger charge is -2.11. The molecular weight excluding hydrogens is 384 g/mol. The van der Waals surface area contributed by atoms with Gasteiger partial charge >= 0.3 is 5.97 Å². The van der Waals surface area contributed by atoms with Gasteiger partial charge in [-0.05, 0) is 61.9 Å². The van der Waals surface area contributed by atoms with Crippen molar-refractivity contribution in [1.29, 1.82) is 0 Å². The number of methoxy groups -OCH3 is 1. The summed E-state index contributed by atoms with van der Waals surface area (Å²) in [6.45, 7) is 3.25. The van der Waals surface area contributed by atoms with Gasteiger partial charge in [0.1, 0.15) is 11.5 Å². The standard InChI is InChI=1S/C20H19ClN2O5/c1-12-10-15(21)6-9-17(12)26-11-18(24)27-13(2)19-22-23-20(28-19)14-4-7-16(25-3)8-5-14/h4-10,13H,11H2,1-3H3/t13-/m0/s1. The lowest BCUT2D eigenvalue weighted by Crippen LogP contribution is -2.17. The van der Waals surface area contributed by atoms with Crippen LogP contribution in [-0.4, -0.2) is 29.9 Å². The molecular formula is C20H19ClN2O5. The third-order valence-corrected chi connectivity index (χ3v) is 4.15. The average Bonchev–Trinajstić information content (AvgIpc) is 3.18. The molecule has 0 radical (unpaired) electrons. The summed E-state index contributed by atoms with van der Waals surface area (Å²) in [4.78, 5) is 12.0. The number of halogens is 1. The molecule has 0 saturated heterocycles. The lowest BCUT2D eigenvalue weighted by atomic mass is 10.2. The zero-order valence-corrected chi connectivity index (χ0v) is 16.4. The van der Waals surface area contributed by atoms with Gasteiger partial charge in [-0.1, -0.05) is 11.6 Å². The molecule has 0 unspecified atom stereocenters. The van der Waals surface area contributed by atoms with Gasteiger partial charge in [0.25, 0.3) is 5.89 Å². The first-order valence-electron chi connectivity index (χ1n) is 8.52. The molecule has 146 valence electrons. The van der Waals surface area contributed by atoms with Crippen molar-refractivity contribution in [3.63, 3.8) is 0 Å². The van der Waals surface area contributed by atoms with Crippen LogP contribution >= 0.6 is 11.6 Å². The highest BCUT2D eigenvalue weighted by Crippen LogP contribution is 2.25. The van der Waals surface area contributed by atoms with E-state index in [0.717, 1.165) is 16.9 Å². The first-order valence-corrected chi connectivity index (χ1v) is 8.90. The van der Waals surface area contributed by atoms with Crippen LogP contribution in [0.3, 0.4) is 0 Å². The summed E-state index contributed by atoms with van der Waals surface area (Å²) < 4.78 is 21.5. The Morgan fingerprint density at radius 1 is 1.18 bits per heavy atom. The Hall–Kier alpha value is -3.06. The van der Waals surface area contributed by atoms with Crippen LogP contribution in [0.4, 0.5) is 0 Å². The summed E-state index contributed by atoms with van der Waals surface area (Å²) >= 11 is 5.90. The number of carbonyl (C=O) groups excluding carboxylic acids is 1. The second kappa shape index (κ2) is 8.75. The third-order valence-electron chi connectivity index (χ3n) is 3.92. The SMILES string of the molecule is COc1ccc(-c2nnc([C@H](C)OC(=O)COc3ccc(Cl)cc3C)o2)cc1. The van der Waals surface area contributed by atoms with Crippen molar-refractivity contribution < 1.29 is 23.4 Å². The Labute approximate surface area is 167 Å². The number of nitrogens with zero attached hydrogens (tertiary/aromatic N) is 2. The van der Waals surface area contributed by atoms with Crippen molar-refractivity contribution in [3.05, 3.63) is 58.9 Å². The average molecular weight is 403 g/mol. The number of hydrogen-bond acceptors (Lipinski definition) is 7. The first-order chi connectivity index (χ1) is 13.5. The number of aryl methyl sites for hydroxylation is 1. The molecule has 1 heterocycles. The van der Waals surface area contributed by atoms with Gasteiger partial charge in [0.05, 0.1) is 7.11 Å². The Bertz CT molecular complexity index is 955. The minimum absolute atomic E-state index is 0.196. The smallest absolute Gasteiger partial charge is 0.344 e. The molecule has 0 fully saturated rings. The number of benzene rings is 2. The Balaban J connectivity index is 1.57. The molecule has 0 bridgehead atoms. The molecule has 7 nitrogen and oxygen atoms in total. The summed E-state index contributed by atoms with van der Waals surface area (Å²) in [6, 6.07) is 12.3. The van der Waals surface area contributed by atoms with Crippen LogP contribution in [0.25, 0.3) is 11.5 Å². The fraction of sp³-hybridized carbons (Fsp3) is 0.250. The van der Waals surface area contributed by atoms with Gasteiger partial charge in [-0.15, -0.1) is 10.2 Å². The van der Waals surface area contributed by atoms with Crippen molar-refractivity contribution in [1.82, 2.24) is 10.2 Å². The monoisotopic (exact) mass is 402 g/mol. The molecule has 0 aliphatic carbocycles. The highest BCUT2D eigenvalue weighted by atomic mass is 35.5. The summed E-state index contributed by atoms with van der Waals surface area (Å²) in [5.41, 5.74) is 1.56. The summed E-state index contributed by atoms with van der Waals surface area (Å²) in [5, 5.41) is 8.54. The van der Waals surface area contributed by atoms with Gasteiger partial charge in [0, 0.05) is 10.6 Å². The van der Waals surface area contributed by atoms with Gasteiger partial charge in [-0.25, -0.2) is 4.79 Å². The Morgan fingerprint density at radius 2 is 1.93 bits per heavy atom. The highest BCUT2D eigenvalue weighted by Gasteiger charge is 2.19. The van der Waals surface area contributed by atoms with E-state index in [2.05, 4.69) is 10.2 Å². The van der Waals surface area contributed by atoms with E-state index in [-0.39, 0.29) is 12.5 Å². The van der Waals surface area contributed by atoms with Crippen molar-refractivity contribution >= 4 is 17.6 Å². The molecule has 0 aliphatic heterocycles. The predicted molar refractivity (Wildman–Crippen MR) is 102 cm³/mol. The van der Waals surface area contributed by atoms with Gasteiger partial charge in [0.2, 0.25) is 5.89 Å². The van der Waals surface area contributed by atoms with Crippen LogP contribution in [0.5, 0.6) is 11.5 Å². The van der Waals surface area contributed by atoms with Crippen LogP contribution < -0.4 is 9.47 Å². The molecule has 0 saturated carbocycles. The van der Waals surface area contributed by atoms with Crippen molar-refractivity contribution in [2.75, 3.05) is 13.7 Å². The van der Waals surface area contributed by atoms with E-state index in [4.69, 9.17) is 30.2 Å². The molecule has 8 heteroatoms. The lowest BCUT2D eigenvalue weighted by molar-refractivity contribution is -0.152. The van der Waals surface area contributed by atoms with E-state index < -0.39 is 12.1 Å². The van der Waals surface area contributed by atoms with E-state index in [1.54, 1.807) is 56.5 Å². The topological polar surface area (TPSA) is 83.7 Å². The molecule has 1 atom stereocenters. The van der Waals surface area contributed by atoms with Gasteiger partial charge in [-0.2, -0.15) is 0 Å². The minimum atomic E-state index is -0.707. The number of aromatic nitrogens is 2. The molecule has 3 aromatic rings. The quantitative estimate of drug-likeness (QED) is 0.542. The maximum atomic E-state index is 12.0. The van der Waals surface area contributed by atoms with Gasteiger partial charge < -0.3 is 18.6 Å². The van der Waals surface area contributed by atoms with E-state index >= 15 is 0 Å². The molecule has 1 aromatic heterocycles. The van der Waals surface area contributed by atoms with E-state index in [9.17, 15) is 4.79 Å². The zero-order chi connectivity index (χ0) is 20.1. The van der Waals surface area contributed by atoms with Crippen LogP contribution in [-0.2, 0) is 9.53 Å². The highest BCUT2D eigenvalue weighted by molar-refractivity contribution is 6.30. The van der Waals surface area contributed by atoms with Gasteiger partial charge in [-0.3, -0.25) is 0 Å². The Kier molecular flexibility index (Phi) is 6.16. The van der Waals surface area contributed by atoms with Crippen LogP contribution in [0.1, 0.15) is 24.5 Å². The molecule has 0 aliphatic rings. The Morgan fingerprint density at radius 3 is 2.61 bits per heavy atom. The number of rotatable bonds is 7. The zero-order valence-electron chi connectivity index (χ0n) is 15.6. The van der Waals surface area contributed by atoms with Crippen molar-refractivity contribution in [3.8, 4) is 23.0 Å². The molecule has 0 spiro atoms. The largest absolute Gasteiger partial charge is 0.497 e. The molecule has 28 heavy (non-hydrogen) atoms. The second-order valence-corrected chi connectivity index (χ2v) is 6.44. The third kappa shape index (κ3) is 4.80. The van der Waals surface area contributed by atoms with E-state index in [1.165, 1.54) is 0 Å². The normalized spacial score (nSPS) is 11.7. The summed E-state index contributed by atoms with van der Waals surface area (Å²) in [5.74, 6) is 1.26. The summed E-state index contributed by atoms with van der Waals surface area (Å²) in [7, 11) is 1.59. The van der Waals surface area contributed by atoms with Crippen molar-refractivity contribution in [2.24, 2.45) is 0 Å². The van der Waals surface area contributed by atoms with Crippen LogP contribution in [0, 0.1) is 6.92 Å².